The van der Waals surface area contributed by atoms with Gasteiger partial charge in [0.15, 0.2) is 0 Å². The van der Waals surface area contributed by atoms with Gasteiger partial charge >= 0.3 is 6.18 Å². The maximum absolute atomic E-state index is 13.8. The standard InChI is InChI=1S/C11H10F5N/c12-10(13,9-5-17-6-9)7-2-1-3-8(4-7)11(14,15)16/h1-4,9,17H,5-6H2. The molecule has 0 unspecified atom stereocenters. The van der Waals surface area contributed by atoms with Crippen LogP contribution >= 0.6 is 0 Å². The number of alkyl halides is 5. The summed E-state index contributed by atoms with van der Waals surface area (Å²) in [5.41, 5.74) is -1.61. The SMILES string of the molecule is FC(F)(F)c1cccc(C(F)(F)C2CNC2)c1. The molecule has 1 heterocycles. The maximum Gasteiger partial charge on any atom is 0.416 e. The average molecular weight is 251 g/mol. The van der Waals surface area contributed by atoms with Gasteiger partial charge in [-0.2, -0.15) is 13.2 Å². The third-order valence-corrected chi connectivity index (χ3v) is 2.87. The van der Waals surface area contributed by atoms with Crippen LogP contribution in [0.4, 0.5) is 22.0 Å². The fraction of sp³-hybridized carbons (Fsp3) is 0.455. The van der Waals surface area contributed by atoms with Gasteiger partial charge in [0.2, 0.25) is 0 Å². The monoisotopic (exact) mass is 251 g/mol. The Morgan fingerprint density at radius 3 is 2.06 bits per heavy atom. The minimum Gasteiger partial charge on any atom is -0.316 e. The largest absolute Gasteiger partial charge is 0.416 e. The molecule has 1 nitrogen and oxygen atoms in total. The first-order valence-electron chi connectivity index (χ1n) is 5.08. The lowest BCUT2D eigenvalue weighted by molar-refractivity contribution is -0.138. The van der Waals surface area contributed by atoms with E-state index in [1.807, 2.05) is 0 Å². The van der Waals surface area contributed by atoms with Gasteiger partial charge in [0.1, 0.15) is 0 Å². The van der Waals surface area contributed by atoms with Gasteiger partial charge in [-0.3, -0.25) is 0 Å². The minimum absolute atomic E-state index is 0.128. The van der Waals surface area contributed by atoms with Gasteiger partial charge < -0.3 is 5.32 Å². The molecule has 1 aliphatic rings. The Morgan fingerprint density at radius 2 is 1.59 bits per heavy atom. The van der Waals surface area contributed by atoms with Gasteiger partial charge in [-0.05, 0) is 12.1 Å². The lowest BCUT2D eigenvalue weighted by atomic mass is 9.89. The first-order valence-corrected chi connectivity index (χ1v) is 5.08. The van der Waals surface area contributed by atoms with Gasteiger partial charge in [0.05, 0.1) is 11.5 Å². The lowest BCUT2D eigenvalue weighted by Gasteiger charge is -2.34. The molecule has 1 aliphatic heterocycles. The van der Waals surface area contributed by atoms with Gasteiger partial charge in [0, 0.05) is 18.7 Å². The second kappa shape index (κ2) is 3.94. The minimum atomic E-state index is -4.59. The molecule has 94 valence electrons. The summed E-state index contributed by atoms with van der Waals surface area (Å²) in [5, 5.41) is 2.68. The first kappa shape index (κ1) is 12.3. The van der Waals surface area contributed by atoms with Gasteiger partial charge in [-0.25, -0.2) is 8.78 Å². The number of hydrogen-bond acceptors (Lipinski definition) is 1. The van der Waals surface area contributed by atoms with Crippen LogP contribution in [0, 0.1) is 5.92 Å². The van der Waals surface area contributed by atoms with Crippen LogP contribution in [0.1, 0.15) is 11.1 Å². The Balaban J connectivity index is 2.32. The average Bonchev–Trinajstić information content (AvgIpc) is 2.13. The van der Waals surface area contributed by atoms with Crippen molar-refractivity contribution < 1.29 is 22.0 Å². The molecule has 0 aromatic heterocycles. The van der Waals surface area contributed by atoms with Crippen LogP contribution in [-0.4, -0.2) is 13.1 Å². The predicted molar refractivity (Wildman–Crippen MR) is 51.7 cm³/mol. The Morgan fingerprint density at radius 1 is 1.00 bits per heavy atom. The van der Waals surface area contributed by atoms with E-state index >= 15 is 0 Å². The first-order chi connectivity index (χ1) is 7.82. The maximum atomic E-state index is 13.8. The van der Waals surface area contributed by atoms with Crippen molar-refractivity contribution in [2.75, 3.05) is 13.1 Å². The van der Waals surface area contributed by atoms with Gasteiger partial charge in [-0.15, -0.1) is 0 Å². The summed E-state index contributed by atoms with van der Waals surface area (Å²) in [6, 6.07) is 3.36. The molecule has 0 aliphatic carbocycles. The normalized spacial score (nSPS) is 17.9. The molecule has 0 saturated carbocycles. The van der Waals surface area contributed by atoms with Crippen molar-refractivity contribution in [1.29, 1.82) is 0 Å². The Labute approximate surface area is 94.6 Å². The van der Waals surface area contributed by atoms with Crippen LogP contribution in [-0.2, 0) is 12.1 Å². The van der Waals surface area contributed by atoms with Crippen molar-refractivity contribution in [3.63, 3.8) is 0 Å². The van der Waals surface area contributed by atoms with Crippen molar-refractivity contribution in [2.24, 2.45) is 5.92 Å². The van der Waals surface area contributed by atoms with Crippen LogP contribution in [0.5, 0.6) is 0 Å². The van der Waals surface area contributed by atoms with Crippen molar-refractivity contribution in [3.8, 4) is 0 Å². The molecule has 1 aromatic rings. The van der Waals surface area contributed by atoms with Crippen LogP contribution < -0.4 is 5.32 Å². The van der Waals surface area contributed by atoms with Crippen LogP contribution in [0.3, 0.4) is 0 Å². The summed E-state index contributed by atoms with van der Waals surface area (Å²) < 4.78 is 64.7. The van der Waals surface area contributed by atoms with Crippen LogP contribution in [0.15, 0.2) is 24.3 Å². The van der Waals surface area contributed by atoms with Gasteiger partial charge in [-0.1, -0.05) is 12.1 Å². The Kier molecular flexibility index (Phi) is 2.85. The summed E-state index contributed by atoms with van der Waals surface area (Å²) in [4.78, 5) is 0. The molecule has 1 saturated heterocycles. The third-order valence-electron chi connectivity index (χ3n) is 2.87. The molecule has 6 heteroatoms. The second-order valence-corrected chi connectivity index (χ2v) is 4.06. The molecular formula is C11H10F5N. The van der Waals surface area contributed by atoms with Crippen LogP contribution in [0.2, 0.25) is 0 Å². The topological polar surface area (TPSA) is 12.0 Å². The van der Waals surface area contributed by atoms with E-state index in [0.717, 1.165) is 18.2 Å². The van der Waals surface area contributed by atoms with E-state index in [1.165, 1.54) is 0 Å². The number of benzene rings is 1. The number of halogens is 5. The zero-order chi connectivity index (χ0) is 12.7. The fourth-order valence-electron chi connectivity index (χ4n) is 1.68. The second-order valence-electron chi connectivity index (χ2n) is 4.06. The molecule has 1 fully saturated rings. The summed E-state index contributed by atoms with van der Waals surface area (Å²) in [7, 11) is 0. The Bertz CT molecular complexity index is 409. The molecule has 17 heavy (non-hydrogen) atoms. The van der Waals surface area contributed by atoms with E-state index in [2.05, 4.69) is 5.32 Å². The van der Waals surface area contributed by atoms with E-state index in [-0.39, 0.29) is 13.1 Å². The molecule has 0 atom stereocenters. The molecule has 2 rings (SSSR count). The fourth-order valence-corrected chi connectivity index (χ4v) is 1.68. The number of rotatable bonds is 2. The summed E-state index contributed by atoms with van der Waals surface area (Å²) in [6.45, 7) is 0.256. The summed E-state index contributed by atoms with van der Waals surface area (Å²) in [6.07, 6.45) is -4.59. The van der Waals surface area contributed by atoms with E-state index in [9.17, 15) is 22.0 Å². The summed E-state index contributed by atoms with van der Waals surface area (Å²) in [5.74, 6) is -4.14. The van der Waals surface area contributed by atoms with Crippen molar-refractivity contribution in [1.82, 2.24) is 5.32 Å². The van der Waals surface area contributed by atoms with E-state index in [1.54, 1.807) is 0 Å². The zero-order valence-electron chi connectivity index (χ0n) is 8.69. The Hall–Kier alpha value is -1.17. The highest BCUT2D eigenvalue weighted by molar-refractivity contribution is 5.29. The van der Waals surface area contributed by atoms with Crippen molar-refractivity contribution in [2.45, 2.75) is 12.1 Å². The third kappa shape index (κ3) is 2.26. The van der Waals surface area contributed by atoms with E-state index < -0.39 is 29.1 Å². The molecule has 1 aromatic carbocycles. The van der Waals surface area contributed by atoms with Gasteiger partial charge in [0.25, 0.3) is 5.92 Å². The predicted octanol–water partition coefficient (Wildman–Crippen LogP) is 3.02. The summed E-state index contributed by atoms with van der Waals surface area (Å²) >= 11 is 0. The molecule has 0 amide bonds. The van der Waals surface area contributed by atoms with Crippen molar-refractivity contribution >= 4 is 0 Å². The molecule has 0 radical (unpaired) electrons. The molecular weight excluding hydrogens is 241 g/mol. The van der Waals surface area contributed by atoms with E-state index in [0.29, 0.717) is 6.07 Å². The number of hydrogen-bond donors (Lipinski definition) is 1. The quantitative estimate of drug-likeness (QED) is 0.797. The van der Waals surface area contributed by atoms with Crippen molar-refractivity contribution in [3.05, 3.63) is 35.4 Å². The zero-order valence-corrected chi connectivity index (χ0v) is 8.69. The lowest BCUT2D eigenvalue weighted by Crippen LogP contribution is -2.50. The smallest absolute Gasteiger partial charge is 0.316 e. The van der Waals surface area contributed by atoms with E-state index in [4.69, 9.17) is 0 Å². The molecule has 0 spiro atoms. The molecule has 1 N–H and O–H groups in total. The van der Waals surface area contributed by atoms with Crippen LogP contribution in [0.25, 0.3) is 0 Å². The highest BCUT2D eigenvalue weighted by atomic mass is 19.4. The highest BCUT2D eigenvalue weighted by Gasteiger charge is 2.45. The highest BCUT2D eigenvalue weighted by Crippen LogP contribution is 2.40. The number of nitrogens with one attached hydrogen (secondary N) is 1. The molecule has 0 bridgehead atoms.